The fourth-order valence-electron chi connectivity index (χ4n) is 1.56. The summed E-state index contributed by atoms with van der Waals surface area (Å²) in [6.07, 6.45) is 5.71. The van der Waals surface area contributed by atoms with Crippen LogP contribution >= 0.6 is 0 Å². The Hall–Kier alpha value is -1.76. The number of hydrogen-bond donors (Lipinski definition) is 0. The number of furan rings is 1. The molecule has 0 aliphatic rings. The van der Waals surface area contributed by atoms with E-state index in [1.807, 2.05) is 51.1 Å². The Morgan fingerprint density at radius 1 is 1.18 bits per heavy atom. The Bertz CT molecular complexity index is 489. The van der Waals surface area contributed by atoms with Gasteiger partial charge in [-0.3, -0.25) is 0 Å². The zero-order chi connectivity index (χ0) is 12.0. The monoisotopic (exact) mass is 230 g/mol. The van der Waals surface area contributed by atoms with E-state index in [9.17, 15) is 0 Å². The summed E-state index contributed by atoms with van der Waals surface area (Å²) in [5, 5.41) is 1.16. The van der Waals surface area contributed by atoms with Gasteiger partial charge in [-0.25, -0.2) is 0 Å². The third kappa shape index (κ3) is 3.35. The minimum absolute atomic E-state index is 0. The zero-order valence-electron chi connectivity index (χ0n) is 10.2. The minimum atomic E-state index is 0. The van der Waals surface area contributed by atoms with Crippen LogP contribution in [0.3, 0.4) is 0 Å². The van der Waals surface area contributed by atoms with E-state index in [4.69, 9.17) is 4.42 Å². The van der Waals surface area contributed by atoms with E-state index >= 15 is 0 Å². The van der Waals surface area contributed by atoms with Crippen LogP contribution in [0.15, 0.2) is 47.4 Å². The molecule has 0 N–H and O–H groups in total. The van der Waals surface area contributed by atoms with Crippen molar-refractivity contribution in [3.63, 3.8) is 0 Å². The summed E-state index contributed by atoms with van der Waals surface area (Å²) in [7, 11) is 0. The predicted octanol–water partition coefficient (Wildman–Crippen LogP) is 5.60. The second-order valence-corrected chi connectivity index (χ2v) is 3.16. The fraction of sp³-hybridized carbons (Fsp3) is 0.250. The van der Waals surface area contributed by atoms with Gasteiger partial charge in [0.05, 0.1) is 0 Å². The highest BCUT2D eigenvalue weighted by Crippen LogP contribution is 2.26. The first kappa shape index (κ1) is 15.2. The molecule has 0 radical (unpaired) electrons. The third-order valence-corrected chi connectivity index (χ3v) is 2.22. The molecule has 17 heavy (non-hydrogen) atoms. The van der Waals surface area contributed by atoms with Gasteiger partial charge in [0.25, 0.3) is 0 Å². The Morgan fingerprint density at radius 3 is 2.47 bits per heavy atom. The molecule has 2 rings (SSSR count). The van der Waals surface area contributed by atoms with Crippen LogP contribution in [0.4, 0.5) is 0 Å². The summed E-state index contributed by atoms with van der Waals surface area (Å²) in [5.74, 6) is 0.948. The van der Waals surface area contributed by atoms with Crippen molar-refractivity contribution in [1.82, 2.24) is 0 Å². The molecule has 0 spiro atoms. The Kier molecular flexibility index (Phi) is 6.73. The molecule has 0 saturated heterocycles. The van der Waals surface area contributed by atoms with Crippen molar-refractivity contribution in [2.75, 3.05) is 0 Å². The Morgan fingerprint density at radius 2 is 1.82 bits per heavy atom. The number of benzene rings is 1. The molecule has 92 valence electrons. The van der Waals surface area contributed by atoms with E-state index in [0.717, 1.165) is 22.3 Å². The molecule has 0 fully saturated rings. The largest absolute Gasteiger partial charge is 0.461 e. The van der Waals surface area contributed by atoms with Gasteiger partial charge < -0.3 is 4.42 Å². The lowest BCUT2D eigenvalue weighted by Gasteiger charge is -1.88. The third-order valence-electron chi connectivity index (χ3n) is 2.22. The topological polar surface area (TPSA) is 13.1 Å². The van der Waals surface area contributed by atoms with Gasteiger partial charge in [-0.15, -0.1) is 0 Å². The Balaban J connectivity index is 0.000000811. The lowest BCUT2D eigenvalue weighted by atomic mass is 10.1. The van der Waals surface area contributed by atoms with Crippen LogP contribution in [0.5, 0.6) is 0 Å². The lowest BCUT2D eigenvalue weighted by molar-refractivity contribution is 0.577. The number of hydrogen-bond acceptors (Lipinski definition) is 1. The summed E-state index contributed by atoms with van der Waals surface area (Å²) in [5.41, 5.74) is 2.08. The average molecular weight is 230 g/mol. The maximum Gasteiger partial charge on any atom is 0.134 e. The first-order valence-corrected chi connectivity index (χ1v) is 5.60. The van der Waals surface area contributed by atoms with Gasteiger partial charge in [-0.2, -0.15) is 0 Å². The molecule has 1 nitrogen and oxygen atoms in total. The van der Waals surface area contributed by atoms with Crippen LogP contribution in [0.1, 0.15) is 32.6 Å². The molecular formula is C16H22O. The van der Waals surface area contributed by atoms with E-state index in [-0.39, 0.29) is 7.43 Å². The summed E-state index contributed by atoms with van der Waals surface area (Å²) >= 11 is 0. The molecule has 0 amide bonds. The summed E-state index contributed by atoms with van der Waals surface area (Å²) < 4.78 is 5.61. The number of fused-ring (bicyclic) bond motifs is 1. The van der Waals surface area contributed by atoms with Crippen molar-refractivity contribution >= 4 is 17.0 Å². The van der Waals surface area contributed by atoms with E-state index in [1.54, 1.807) is 6.08 Å². The van der Waals surface area contributed by atoms with E-state index in [1.165, 1.54) is 0 Å². The van der Waals surface area contributed by atoms with Gasteiger partial charge in [0, 0.05) is 10.9 Å². The normalized spacial score (nSPS) is 9.59. The summed E-state index contributed by atoms with van der Waals surface area (Å²) in [6, 6.07) is 8.04. The van der Waals surface area contributed by atoms with Crippen LogP contribution in [0.25, 0.3) is 17.0 Å². The van der Waals surface area contributed by atoms with Crippen LogP contribution < -0.4 is 0 Å². The SMILES string of the molecule is C.C=C/C=C\c1c(C)oc2ccccc12.CC. The maximum atomic E-state index is 5.61. The molecule has 0 aliphatic heterocycles. The first-order chi connectivity index (χ1) is 7.83. The van der Waals surface area contributed by atoms with E-state index in [2.05, 4.69) is 12.6 Å². The van der Waals surface area contributed by atoms with Gasteiger partial charge in [0.15, 0.2) is 0 Å². The Labute approximate surface area is 104 Å². The molecule has 0 aliphatic carbocycles. The molecule has 1 aromatic carbocycles. The van der Waals surface area contributed by atoms with Crippen LogP contribution in [-0.4, -0.2) is 0 Å². The molecule has 0 bridgehead atoms. The molecule has 0 unspecified atom stereocenters. The number of rotatable bonds is 2. The van der Waals surface area contributed by atoms with Crippen molar-refractivity contribution in [3.05, 3.63) is 54.3 Å². The molecule has 0 atom stereocenters. The minimum Gasteiger partial charge on any atom is -0.461 e. The predicted molar refractivity (Wildman–Crippen MR) is 78.3 cm³/mol. The smallest absolute Gasteiger partial charge is 0.134 e. The van der Waals surface area contributed by atoms with Crippen molar-refractivity contribution < 1.29 is 4.42 Å². The van der Waals surface area contributed by atoms with Crippen LogP contribution in [0, 0.1) is 6.92 Å². The standard InChI is InChI=1S/C13H12O.C2H6.CH4/c1-3-4-7-11-10(2)14-13-9-6-5-8-12(11)13;1-2;/h3-9H,1H2,2H3;1-2H3;1H4/b7-4-;;. The molecule has 1 heterocycles. The van der Waals surface area contributed by atoms with Gasteiger partial charge >= 0.3 is 0 Å². The van der Waals surface area contributed by atoms with E-state index < -0.39 is 0 Å². The highest BCUT2D eigenvalue weighted by molar-refractivity contribution is 5.88. The summed E-state index contributed by atoms with van der Waals surface area (Å²) in [4.78, 5) is 0. The molecular weight excluding hydrogens is 208 g/mol. The highest BCUT2D eigenvalue weighted by atomic mass is 16.3. The summed E-state index contributed by atoms with van der Waals surface area (Å²) in [6.45, 7) is 9.63. The van der Waals surface area contributed by atoms with Gasteiger partial charge in [-0.05, 0) is 13.0 Å². The molecule has 1 aromatic heterocycles. The lowest BCUT2D eigenvalue weighted by Crippen LogP contribution is -1.71. The highest BCUT2D eigenvalue weighted by Gasteiger charge is 2.06. The second kappa shape index (κ2) is 7.50. The second-order valence-electron chi connectivity index (χ2n) is 3.16. The number of aryl methyl sites for hydroxylation is 1. The quantitative estimate of drug-likeness (QED) is 0.612. The number of para-hydroxylation sites is 1. The number of allylic oxidation sites excluding steroid dienone is 2. The zero-order valence-corrected chi connectivity index (χ0v) is 10.2. The van der Waals surface area contributed by atoms with Gasteiger partial charge in [0.1, 0.15) is 11.3 Å². The maximum absolute atomic E-state index is 5.61. The fourth-order valence-corrected chi connectivity index (χ4v) is 1.56. The molecule has 2 aromatic rings. The van der Waals surface area contributed by atoms with Crippen LogP contribution in [0.2, 0.25) is 0 Å². The first-order valence-electron chi connectivity index (χ1n) is 5.60. The van der Waals surface area contributed by atoms with Gasteiger partial charge in [0.2, 0.25) is 0 Å². The average Bonchev–Trinajstić information content (AvgIpc) is 2.65. The van der Waals surface area contributed by atoms with E-state index in [0.29, 0.717) is 0 Å². The molecule has 1 heteroatoms. The van der Waals surface area contributed by atoms with Crippen molar-refractivity contribution in [2.24, 2.45) is 0 Å². The van der Waals surface area contributed by atoms with Crippen molar-refractivity contribution in [3.8, 4) is 0 Å². The van der Waals surface area contributed by atoms with Crippen molar-refractivity contribution in [2.45, 2.75) is 28.2 Å². The molecule has 0 saturated carbocycles. The van der Waals surface area contributed by atoms with Gasteiger partial charge in [-0.1, -0.05) is 64.3 Å². The van der Waals surface area contributed by atoms with Crippen molar-refractivity contribution in [1.29, 1.82) is 0 Å². The van der Waals surface area contributed by atoms with Crippen LogP contribution in [-0.2, 0) is 0 Å².